The average Bonchev–Trinajstić information content (AvgIpc) is 2.56. The largest absolute Gasteiger partial charge is 0.389 e. The van der Waals surface area contributed by atoms with Gasteiger partial charge in [-0.1, -0.05) is 6.08 Å². The zero-order valence-corrected chi connectivity index (χ0v) is 6.96. The summed E-state index contributed by atoms with van der Waals surface area (Å²) in [5.74, 6) is 0. The van der Waals surface area contributed by atoms with E-state index < -0.39 is 0 Å². The van der Waals surface area contributed by atoms with Crippen molar-refractivity contribution in [3.63, 3.8) is 0 Å². The maximum Gasteiger partial charge on any atom is 0.0727 e. The van der Waals surface area contributed by atoms with E-state index in [-0.39, 0.29) is 6.10 Å². The monoisotopic (exact) mass is 163 g/mol. The fraction of sp³-hybridized carbons (Fsp3) is 0.400. The lowest BCUT2D eigenvalue weighted by atomic mass is 9.95. The molecule has 0 fully saturated rings. The van der Waals surface area contributed by atoms with Gasteiger partial charge in [-0.25, -0.2) is 0 Å². The number of H-pyrrole nitrogens is 1. The SMILES string of the molecule is OC1C=C(c2ccc[nH]2)CCC1. The molecule has 0 amide bonds. The summed E-state index contributed by atoms with van der Waals surface area (Å²) in [5, 5.41) is 9.39. The van der Waals surface area contributed by atoms with E-state index in [0.29, 0.717) is 0 Å². The molecule has 1 aliphatic rings. The third-order valence-corrected chi connectivity index (χ3v) is 2.28. The Labute approximate surface area is 71.9 Å². The van der Waals surface area contributed by atoms with Gasteiger partial charge in [-0.3, -0.25) is 0 Å². The van der Waals surface area contributed by atoms with Crippen molar-refractivity contribution in [2.24, 2.45) is 0 Å². The van der Waals surface area contributed by atoms with E-state index in [9.17, 15) is 5.11 Å². The molecule has 2 heteroatoms. The Morgan fingerprint density at radius 3 is 3.08 bits per heavy atom. The van der Waals surface area contributed by atoms with Crippen LogP contribution in [-0.2, 0) is 0 Å². The average molecular weight is 163 g/mol. The fourth-order valence-corrected chi connectivity index (χ4v) is 1.66. The van der Waals surface area contributed by atoms with Crippen LogP contribution >= 0.6 is 0 Å². The first-order chi connectivity index (χ1) is 5.86. The molecule has 64 valence electrons. The van der Waals surface area contributed by atoms with Gasteiger partial charge in [0.15, 0.2) is 0 Å². The van der Waals surface area contributed by atoms with Gasteiger partial charge in [0.05, 0.1) is 6.10 Å². The molecule has 0 radical (unpaired) electrons. The highest BCUT2D eigenvalue weighted by Gasteiger charge is 2.11. The molecule has 1 aliphatic carbocycles. The molecule has 0 saturated heterocycles. The number of rotatable bonds is 1. The molecular formula is C10H13NO. The van der Waals surface area contributed by atoms with Gasteiger partial charge in [-0.15, -0.1) is 0 Å². The highest BCUT2D eigenvalue weighted by atomic mass is 16.3. The minimum absolute atomic E-state index is 0.239. The van der Waals surface area contributed by atoms with Crippen LogP contribution in [0, 0.1) is 0 Å². The van der Waals surface area contributed by atoms with Crippen molar-refractivity contribution >= 4 is 5.57 Å². The molecule has 0 spiro atoms. The fourth-order valence-electron chi connectivity index (χ4n) is 1.66. The summed E-state index contributed by atoms with van der Waals surface area (Å²) in [4.78, 5) is 3.15. The summed E-state index contributed by atoms with van der Waals surface area (Å²) >= 11 is 0. The van der Waals surface area contributed by atoms with Crippen molar-refractivity contribution in [1.82, 2.24) is 4.98 Å². The van der Waals surface area contributed by atoms with Crippen LogP contribution in [0.15, 0.2) is 24.4 Å². The first kappa shape index (κ1) is 7.62. The molecule has 2 N–H and O–H groups in total. The quantitative estimate of drug-likeness (QED) is 0.652. The first-order valence-electron chi connectivity index (χ1n) is 4.39. The number of aliphatic hydroxyl groups is 1. The third-order valence-electron chi connectivity index (χ3n) is 2.28. The van der Waals surface area contributed by atoms with Crippen molar-refractivity contribution in [3.8, 4) is 0 Å². The number of hydrogen-bond donors (Lipinski definition) is 2. The van der Waals surface area contributed by atoms with Gasteiger partial charge in [0, 0.05) is 11.9 Å². The second-order valence-corrected chi connectivity index (χ2v) is 3.24. The lowest BCUT2D eigenvalue weighted by Crippen LogP contribution is -2.08. The van der Waals surface area contributed by atoms with E-state index in [1.807, 2.05) is 24.4 Å². The number of aromatic amines is 1. The van der Waals surface area contributed by atoms with Gasteiger partial charge in [0.25, 0.3) is 0 Å². The molecule has 1 aromatic rings. The second-order valence-electron chi connectivity index (χ2n) is 3.24. The van der Waals surface area contributed by atoms with Crippen molar-refractivity contribution in [2.45, 2.75) is 25.4 Å². The Bertz CT molecular complexity index is 274. The minimum atomic E-state index is -0.239. The summed E-state index contributed by atoms with van der Waals surface area (Å²) in [7, 11) is 0. The summed E-state index contributed by atoms with van der Waals surface area (Å²) in [6.07, 6.45) is 6.71. The topological polar surface area (TPSA) is 36.0 Å². The first-order valence-corrected chi connectivity index (χ1v) is 4.39. The van der Waals surface area contributed by atoms with E-state index in [1.165, 1.54) is 5.57 Å². The van der Waals surface area contributed by atoms with Crippen LogP contribution in [0.4, 0.5) is 0 Å². The molecule has 0 aromatic carbocycles. The molecular weight excluding hydrogens is 150 g/mol. The Morgan fingerprint density at radius 2 is 2.42 bits per heavy atom. The number of allylic oxidation sites excluding steroid dienone is 1. The van der Waals surface area contributed by atoms with Crippen molar-refractivity contribution in [3.05, 3.63) is 30.1 Å². The van der Waals surface area contributed by atoms with Crippen molar-refractivity contribution < 1.29 is 5.11 Å². The van der Waals surface area contributed by atoms with Crippen LogP contribution in [0.3, 0.4) is 0 Å². The molecule has 1 unspecified atom stereocenters. The van der Waals surface area contributed by atoms with E-state index in [1.54, 1.807) is 0 Å². The summed E-state index contributed by atoms with van der Waals surface area (Å²) in [6, 6.07) is 4.03. The summed E-state index contributed by atoms with van der Waals surface area (Å²) in [5.41, 5.74) is 2.40. The van der Waals surface area contributed by atoms with Crippen molar-refractivity contribution in [1.29, 1.82) is 0 Å². The maximum absolute atomic E-state index is 9.39. The number of aliphatic hydroxyl groups excluding tert-OH is 1. The molecule has 2 rings (SSSR count). The molecule has 0 aliphatic heterocycles. The lowest BCUT2D eigenvalue weighted by Gasteiger charge is -2.15. The van der Waals surface area contributed by atoms with E-state index in [4.69, 9.17) is 0 Å². The van der Waals surface area contributed by atoms with Crippen LogP contribution in [0.2, 0.25) is 0 Å². The van der Waals surface area contributed by atoms with Gasteiger partial charge < -0.3 is 10.1 Å². The van der Waals surface area contributed by atoms with E-state index in [2.05, 4.69) is 4.98 Å². The van der Waals surface area contributed by atoms with Crippen LogP contribution in [-0.4, -0.2) is 16.2 Å². The third kappa shape index (κ3) is 1.43. The molecule has 2 nitrogen and oxygen atoms in total. The van der Waals surface area contributed by atoms with Gasteiger partial charge >= 0.3 is 0 Å². The van der Waals surface area contributed by atoms with Crippen LogP contribution in [0.25, 0.3) is 5.57 Å². The summed E-state index contributed by atoms with van der Waals surface area (Å²) in [6.45, 7) is 0. The predicted molar refractivity (Wildman–Crippen MR) is 48.6 cm³/mol. The van der Waals surface area contributed by atoms with Gasteiger partial charge in [0.2, 0.25) is 0 Å². The normalized spacial score (nSPS) is 23.8. The highest BCUT2D eigenvalue weighted by molar-refractivity contribution is 5.63. The van der Waals surface area contributed by atoms with Gasteiger partial charge in [-0.2, -0.15) is 0 Å². The predicted octanol–water partition coefficient (Wildman–Crippen LogP) is 1.94. The summed E-state index contributed by atoms with van der Waals surface area (Å²) < 4.78 is 0. The number of nitrogens with one attached hydrogen (secondary N) is 1. The Hall–Kier alpha value is -1.02. The van der Waals surface area contributed by atoms with Gasteiger partial charge in [0.1, 0.15) is 0 Å². The molecule has 1 heterocycles. The second kappa shape index (κ2) is 3.15. The van der Waals surface area contributed by atoms with Crippen LogP contribution < -0.4 is 0 Å². The molecule has 12 heavy (non-hydrogen) atoms. The van der Waals surface area contributed by atoms with E-state index >= 15 is 0 Å². The van der Waals surface area contributed by atoms with E-state index in [0.717, 1.165) is 25.0 Å². The maximum atomic E-state index is 9.39. The number of aromatic nitrogens is 1. The molecule has 0 saturated carbocycles. The Morgan fingerprint density at radius 1 is 1.50 bits per heavy atom. The smallest absolute Gasteiger partial charge is 0.0727 e. The van der Waals surface area contributed by atoms with Crippen LogP contribution in [0.1, 0.15) is 25.0 Å². The Balaban J connectivity index is 2.23. The lowest BCUT2D eigenvalue weighted by molar-refractivity contribution is 0.206. The molecule has 0 bridgehead atoms. The zero-order valence-electron chi connectivity index (χ0n) is 6.96. The minimum Gasteiger partial charge on any atom is -0.389 e. The van der Waals surface area contributed by atoms with Crippen LogP contribution in [0.5, 0.6) is 0 Å². The Kier molecular flexibility index (Phi) is 2.00. The standard InChI is InChI=1S/C10H13NO/c12-9-4-1-3-8(7-9)10-5-2-6-11-10/h2,5-7,9,11-12H,1,3-4H2. The molecule has 1 atom stereocenters. The molecule has 1 aromatic heterocycles. The number of hydrogen-bond acceptors (Lipinski definition) is 1. The van der Waals surface area contributed by atoms with Gasteiger partial charge in [-0.05, 0) is 37.0 Å². The van der Waals surface area contributed by atoms with Crippen molar-refractivity contribution in [2.75, 3.05) is 0 Å². The zero-order chi connectivity index (χ0) is 8.39. The highest BCUT2D eigenvalue weighted by Crippen LogP contribution is 2.25.